The molecule has 6 heteroatoms. The van der Waals surface area contributed by atoms with Crippen LogP contribution in [0.4, 0.5) is 0 Å². The molecule has 0 aliphatic carbocycles. The molecule has 0 fully saturated rings. The average molecular weight is 906 g/mol. The second-order valence-electron chi connectivity index (χ2n) is 21.1. The zero-order valence-corrected chi connectivity index (χ0v) is 44.1. The van der Waals surface area contributed by atoms with E-state index in [1.807, 2.05) is 0 Å². The Morgan fingerprint density at radius 3 is 0.812 bits per heavy atom. The first-order chi connectivity index (χ1) is 31.1. The van der Waals surface area contributed by atoms with Gasteiger partial charge in [-0.2, -0.15) is 0 Å². The predicted molar refractivity (Wildman–Crippen MR) is 275 cm³/mol. The fourth-order valence-electron chi connectivity index (χ4n) is 8.79. The van der Waals surface area contributed by atoms with Crippen molar-refractivity contribution in [1.29, 1.82) is 0 Å². The van der Waals surface area contributed by atoms with Crippen molar-refractivity contribution in [2.75, 3.05) is 13.2 Å². The maximum Gasteiger partial charge on any atom is 0.306 e. The fourth-order valence-corrected chi connectivity index (χ4v) is 8.79. The summed E-state index contributed by atoms with van der Waals surface area (Å²) in [5.41, 5.74) is 0. The lowest BCUT2D eigenvalue weighted by Gasteiger charge is -2.18. The van der Waals surface area contributed by atoms with Gasteiger partial charge in [0.2, 0.25) is 0 Å². The van der Waals surface area contributed by atoms with Crippen molar-refractivity contribution in [2.45, 2.75) is 324 Å². The standard InChI is InChI=1S/C58H112O6/c1-7-54(6)46-40-34-28-24-25-30-36-42-48-57(60)63-51-55(50-62-56(59)47-41-35-29-22-18-15-14-17-21-27-33-39-45-53(4)5)64-58(61)49-43-37-31-23-19-13-11-9-8-10-12-16-20-26-32-38-44-52(2)3/h52-55H,7-51H2,1-6H3/t54?,55-/m0/s1. The molecule has 0 saturated carbocycles. The van der Waals surface area contributed by atoms with E-state index in [0.717, 1.165) is 75.5 Å². The lowest BCUT2D eigenvalue weighted by molar-refractivity contribution is -0.167. The molecule has 0 radical (unpaired) electrons. The third-order valence-electron chi connectivity index (χ3n) is 13.5. The van der Waals surface area contributed by atoms with Crippen LogP contribution in [0.5, 0.6) is 0 Å². The number of hydrogen-bond donors (Lipinski definition) is 0. The van der Waals surface area contributed by atoms with Gasteiger partial charge < -0.3 is 14.2 Å². The van der Waals surface area contributed by atoms with Crippen LogP contribution in [-0.4, -0.2) is 37.2 Å². The Hall–Kier alpha value is -1.59. The fraction of sp³-hybridized carbons (Fsp3) is 0.948. The molecular weight excluding hydrogens is 793 g/mol. The summed E-state index contributed by atoms with van der Waals surface area (Å²) in [6.07, 6.45) is 50.9. The zero-order valence-electron chi connectivity index (χ0n) is 44.1. The molecule has 0 spiro atoms. The van der Waals surface area contributed by atoms with Crippen molar-refractivity contribution >= 4 is 17.9 Å². The highest BCUT2D eigenvalue weighted by atomic mass is 16.6. The van der Waals surface area contributed by atoms with E-state index in [1.165, 1.54) is 199 Å². The van der Waals surface area contributed by atoms with Gasteiger partial charge in [-0.3, -0.25) is 14.4 Å². The van der Waals surface area contributed by atoms with Crippen molar-refractivity contribution in [1.82, 2.24) is 0 Å². The SMILES string of the molecule is CCC(C)CCCCCCCCCCC(=O)OC[C@H](COC(=O)CCCCCCCCCCCCCCC(C)C)OC(=O)CCCCCCCCCCCCCCCCCCC(C)C. The third kappa shape index (κ3) is 49.8. The molecule has 0 aliphatic rings. The van der Waals surface area contributed by atoms with Gasteiger partial charge >= 0.3 is 17.9 Å². The van der Waals surface area contributed by atoms with Crippen LogP contribution < -0.4 is 0 Å². The maximum atomic E-state index is 12.9. The van der Waals surface area contributed by atoms with Crippen LogP contribution in [0.15, 0.2) is 0 Å². The number of ether oxygens (including phenoxy) is 3. The Morgan fingerprint density at radius 2 is 0.547 bits per heavy atom. The number of hydrogen-bond acceptors (Lipinski definition) is 6. The highest BCUT2D eigenvalue weighted by molar-refractivity contribution is 5.71. The third-order valence-corrected chi connectivity index (χ3v) is 13.5. The monoisotopic (exact) mass is 905 g/mol. The normalized spacial score (nSPS) is 12.6. The van der Waals surface area contributed by atoms with Gasteiger partial charge in [0.25, 0.3) is 0 Å². The first kappa shape index (κ1) is 62.4. The minimum atomic E-state index is -0.764. The Balaban J connectivity index is 4.29. The van der Waals surface area contributed by atoms with Gasteiger partial charge in [-0.1, -0.05) is 279 Å². The summed E-state index contributed by atoms with van der Waals surface area (Å²) >= 11 is 0. The lowest BCUT2D eigenvalue weighted by atomic mass is 9.99. The van der Waals surface area contributed by atoms with Crippen LogP contribution in [0.1, 0.15) is 318 Å². The van der Waals surface area contributed by atoms with Gasteiger partial charge in [0.15, 0.2) is 6.10 Å². The molecule has 380 valence electrons. The molecule has 0 aliphatic heterocycles. The summed E-state index contributed by atoms with van der Waals surface area (Å²) in [6, 6.07) is 0. The van der Waals surface area contributed by atoms with Crippen molar-refractivity contribution in [3.05, 3.63) is 0 Å². The van der Waals surface area contributed by atoms with E-state index in [0.29, 0.717) is 19.3 Å². The molecule has 0 aromatic rings. The molecular formula is C58H112O6. The van der Waals surface area contributed by atoms with Crippen LogP contribution in [0.25, 0.3) is 0 Å². The summed E-state index contributed by atoms with van der Waals surface area (Å²) < 4.78 is 16.9. The van der Waals surface area contributed by atoms with Gasteiger partial charge in [-0.05, 0) is 37.0 Å². The highest BCUT2D eigenvalue weighted by Crippen LogP contribution is 2.19. The van der Waals surface area contributed by atoms with E-state index in [9.17, 15) is 14.4 Å². The van der Waals surface area contributed by atoms with Gasteiger partial charge in [-0.25, -0.2) is 0 Å². The predicted octanol–water partition coefficient (Wildman–Crippen LogP) is 18.7. The van der Waals surface area contributed by atoms with Gasteiger partial charge in [0.05, 0.1) is 0 Å². The Morgan fingerprint density at radius 1 is 0.312 bits per heavy atom. The molecule has 6 nitrogen and oxygen atoms in total. The summed E-state index contributed by atoms with van der Waals surface area (Å²) in [6.45, 7) is 13.8. The molecule has 0 N–H and O–H groups in total. The first-order valence-corrected chi connectivity index (χ1v) is 28.6. The quantitative estimate of drug-likeness (QED) is 0.0344. The molecule has 0 aromatic heterocycles. The van der Waals surface area contributed by atoms with Crippen LogP contribution in [-0.2, 0) is 28.6 Å². The first-order valence-electron chi connectivity index (χ1n) is 28.6. The van der Waals surface area contributed by atoms with E-state index in [1.54, 1.807) is 0 Å². The number of esters is 3. The topological polar surface area (TPSA) is 78.9 Å². The molecule has 0 heterocycles. The van der Waals surface area contributed by atoms with E-state index in [-0.39, 0.29) is 31.1 Å². The molecule has 0 aromatic carbocycles. The van der Waals surface area contributed by atoms with E-state index >= 15 is 0 Å². The van der Waals surface area contributed by atoms with Gasteiger partial charge in [0, 0.05) is 19.3 Å². The molecule has 64 heavy (non-hydrogen) atoms. The second-order valence-corrected chi connectivity index (χ2v) is 21.1. The van der Waals surface area contributed by atoms with Gasteiger partial charge in [-0.15, -0.1) is 0 Å². The average Bonchev–Trinajstić information content (AvgIpc) is 3.27. The Bertz CT molecular complexity index is 993. The Kier molecular flexibility index (Phi) is 48.1. The van der Waals surface area contributed by atoms with E-state index in [2.05, 4.69) is 41.5 Å². The maximum absolute atomic E-state index is 12.9. The smallest absolute Gasteiger partial charge is 0.306 e. The van der Waals surface area contributed by atoms with Crippen molar-refractivity contribution in [3.8, 4) is 0 Å². The summed E-state index contributed by atoms with van der Waals surface area (Å²) in [5.74, 6) is 1.69. The Labute approximate surface area is 399 Å². The largest absolute Gasteiger partial charge is 0.462 e. The van der Waals surface area contributed by atoms with Gasteiger partial charge in [0.1, 0.15) is 13.2 Å². The van der Waals surface area contributed by atoms with Crippen LogP contribution >= 0.6 is 0 Å². The molecule has 0 bridgehead atoms. The molecule has 1 unspecified atom stereocenters. The summed E-state index contributed by atoms with van der Waals surface area (Å²) in [5, 5.41) is 0. The number of carbonyl (C=O) groups is 3. The van der Waals surface area contributed by atoms with Crippen LogP contribution in [0.3, 0.4) is 0 Å². The minimum Gasteiger partial charge on any atom is -0.462 e. The highest BCUT2D eigenvalue weighted by Gasteiger charge is 2.19. The molecule has 0 saturated heterocycles. The van der Waals surface area contributed by atoms with Crippen LogP contribution in [0, 0.1) is 17.8 Å². The molecule has 2 atom stereocenters. The van der Waals surface area contributed by atoms with E-state index < -0.39 is 6.10 Å². The molecule has 0 amide bonds. The summed E-state index contributed by atoms with van der Waals surface area (Å²) in [7, 11) is 0. The number of unbranched alkanes of at least 4 members (excludes halogenated alkanes) is 33. The van der Waals surface area contributed by atoms with Crippen molar-refractivity contribution < 1.29 is 28.6 Å². The summed E-state index contributed by atoms with van der Waals surface area (Å²) in [4.78, 5) is 38.1. The molecule has 0 rings (SSSR count). The van der Waals surface area contributed by atoms with E-state index in [4.69, 9.17) is 14.2 Å². The number of rotatable bonds is 51. The lowest BCUT2D eigenvalue weighted by Crippen LogP contribution is -2.30. The number of carbonyl (C=O) groups excluding carboxylic acids is 3. The minimum absolute atomic E-state index is 0.0640. The van der Waals surface area contributed by atoms with Crippen molar-refractivity contribution in [3.63, 3.8) is 0 Å². The second kappa shape index (κ2) is 49.3. The van der Waals surface area contributed by atoms with Crippen LogP contribution in [0.2, 0.25) is 0 Å². The zero-order chi connectivity index (χ0) is 47.0. The van der Waals surface area contributed by atoms with Crippen molar-refractivity contribution in [2.24, 2.45) is 17.8 Å².